The third kappa shape index (κ3) is 4.08. The molecular weight excluding hydrogens is 340 g/mol. The van der Waals surface area contributed by atoms with Gasteiger partial charge >= 0.3 is 11.8 Å². The van der Waals surface area contributed by atoms with Gasteiger partial charge in [-0.25, -0.2) is 0 Å². The molecule has 27 heavy (non-hydrogen) atoms. The number of anilines is 1. The van der Waals surface area contributed by atoms with Gasteiger partial charge in [0, 0.05) is 29.0 Å². The highest BCUT2D eigenvalue weighted by Gasteiger charge is 2.25. The second-order valence-electron chi connectivity index (χ2n) is 6.64. The summed E-state index contributed by atoms with van der Waals surface area (Å²) in [6, 6.07) is 19.7. The minimum absolute atomic E-state index is 0.125. The summed E-state index contributed by atoms with van der Waals surface area (Å²) < 4.78 is 0. The van der Waals surface area contributed by atoms with E-state index >= 15 is 0 Å². The number of hydrogen-bond acceptors (Lipinski definition) is 3. The zero-order chi connectivity index (χ0) is 19.4. The van der Waals surface area contributed by atoms with Crippen LogP contribution >= 0.6 is 0 Å². The van der Waals surface area contributed by atoms with Gasteiger partial charge in [0.15, 0.2) is 0 Å². The second-order valence-corrected chi connectivity index (χ2v) is 6.64. The van der Waals surface area contributed by atoms with Crippen molar-refractivity contribution in [1.82, 2.24) is 4.90 Å². The van der Waals surface area contributed by atoms with E-state index < -0.39 is 11.8 Å². The highest BCUT2D eigenvalue weighted by Crippen LogP contribution is 2.29. The van der Waals surface area contributed by atoms with Crippen molar-refractivity contribution in [2.75, 3.05) is 5.32 Å². The van der Waals surface area contributed by atoms with E-state index in [-0.39, 0.29) is 11.8 Å². The fourth-order valence-corrected chi connectivity index (χ4v) is 2.98. The summed E-state index contributed by atoms with van der Waals surface area (Å²) >= 11 is 0. The normalized spacial score (nSPS) is 10.8. The van der Waals surface area contributed by atoms with Crippen LogP contribution in [0.1, 0.15) is 19.4 Å². The molecular formula is C22H22N2O3. The van der Waals surface area contributed by atoms with Crippen LogP contribution < -0.4 is 5.32 Å². The molecule has 0 saturated carbocycles. The zero-order valence-electron chi connectivity index (χ0n) is 15.3. The molecule has 0 saturated heterocycles. The van der Waals surface area contributed by atoms with E-state index in [4.69, 9.17) is 0 Å². The Kier molecular flexibility index (Phi) is 5.41. The van der Waals surface area contributed by atoms with Crippen molar-refractivity contribution in [3.05, 3.63) is 72.3 Å². The van der Waals surface area contributed by atoms with Gasteiger partial charge in [-0.2, -0.15) is 0 Å². The van der Waals surface area contributed by atoms with Crippen LogP contribution in [0.4, 0.5) is 5.69 Å². The van der Waals surface area contributed by atoms with Gasteiger partial charge in [-0.05, 0) is 31.5 Å². The molecule has 0 aliphatic carbocycles. The van der Waals surface area contributed by atoms with Crippen molar-refractivity contribution in [2.24, 2.45) is 0 Å². The molecule has 3 rings (SSSR count). The summed E-state index contributed by atoms with van der Waals surface area (Å²) in [5, 5.41) is 14.0. The average Bonchev–Trinajstić information content (AvgIpc) is 2.67. The van der Waals surface area contributed by atoms with Crippen LogP contribution in [0, 0.1) is 0 Å². The number of benzene rings is 3. The average molecular weight is 362 g/mol. The Morgan fingerprint density at radius 3 is 2.30 bits per heavy atom. The first-order valence-electron chi connectivity index (χ1n) is 8.84. The molecule has 0 bridgehead atoms. The molecule has 0 radical (unpaired) electrons. The molecule has 5 heteroatoms. The highest BCUT2D eigenvalue weighted by molar-refractivity contribution is 6.40. The summed E-state index contributed by atoms with van der Waals surface area (Å²) in [7, 11) is 0. The summed E-state index contributed by atoms with van der Waals surface area (Å²) in [5.74, 6) is -1.16. The largest absolute Gasteiger partial charge is 0.507 e. The molecule has 0 aliphatic heterocycles. The molecule has 0 unspecified atom stereocenters. The van der Waals surface area contributed by atoms with Crippen molar-refractivity contribution in [3.8, 4) is 5.75 Å². The van der Waals surface area contributed by atoms with Gasteiger partial charge < -0.3 is 15.3 Å². The van der Waals surface area contributed by atoms with Crippen molar-refractivity contribution < 1.29 is 14.7 Å². The molecule has 0 heterocycles. The molecule has 2 N–H and O–H groups in total. The molecule has 0 atom stereocenters. The van der Waals surface area contributed by atoms with E-state index in [2.05, 4.69) is 5.32 Å². The smallest absolute Gasteiger partial charge is 0.313 e. The van der Waals surface area contributed by atoms with Gasteiger partial charge in [-0.1, -0.05) is 54.6 Å². The van der Waals surface area contributed by atoms with E-state index in [1.165, 1.54) is 4.90 Å². The van der Waals surface area contributed by atoms with E-state index in [1.807, 2.05) is 44.2 Å². The first-order valence-corrected chi connectivity index (χ1v) is 8.84. The Bertz CT molecular complexity index is 968. The molecule has 0 aliphatic rings. The van der Waals surface area contributed by atoms with Crippen molar-refractivity contribution in [3.63, 3.8) is 0 Å². The standard InChI is InChI=1S/C22H22N2O3/c1-15(2)24(14-16-8-4-3-5-9-16)22(27)21(26)23-19-12-6-11-18-17(19)10-7-13-20(18)25/h3-13,15,25H,14H2,1-2H3,(H,23,26). The lowest BCUT2D eigenvalue weighted by Gasteiger charge is -2.26. The fraction of sp³-hybridized carbons (Fsp3) is 0.182. The number of hydrogen-bond donors (Lipinski definition) is 2. The maximum atomic E-state index is 12.8. The number of phenols is 1. The second kappa shape index (κ2) is 7.91. The van der Waals surface area contributed by atoms with Gasteiger partial charge in [0.25, 0.3) is 0 Å². The number of nitrogens with zero attached hydrogens (tertiary/aromatic N) is 1. The van der Waals surface area contributed by atoms with Gasteiger partial charge in [0.1, 0.15) is 5.75 Å². The number of carbonyl (C=O) groups excluding carboxylic acids is 2. The minimum Gasteiger partial charge on any atom is -0.507 e. The van der Waals surface area contributed by atoms with E-state index in [0.29, 0.717) is 23.0 Å². The molecule has 3 aromatic carbocycles. The Balaban J connectivity index is 1.82. The lowest BCUT2D eigenvalue weighted by Crippen LogP contribution is -2.43. The maximum Gasteiger partial charge on any atom is 0.313 e. The number of nitrogens with one attached hydrogen (secondary N) is 1. The van der Waals surface area contributed by atoms with Crippen LogP contribution in [0.2, 0.25) is 0 Å². The number of fused-ring (bicyclic) bond motifs is 1. The number of aromatic hydroxyl groups is 1. The third-order valence-corrected chi connectivity index (χ3v) is 4.42. The zero-order valence-corrected chi connectivity index (χ0v) is 15.3. The maximum absolute atomic E-state index is 12.8. The molecule has 0 spiro atoms. The molecule has 0 aromatic heterocycles. The lowest BCUT2D eigenvalue weighted by molar-refractivity contribution is -0.144. The molecule has 3 aromatic rings. The highest BCUT2D eigenvalue weighted by atomic mass is 16.3. The third-order valence-electron chi connectivity index (χ3n) is 4.42. The Morgan fingerprint density at radius 1 is 0.926 bits per heavy atom. The first kappa shape index (κ1) is 18.5. The number of amides is 2. The molecule has 138 valence electrons. The van der Waals surface area contributed by atoms with Gasteiger partial charge in [-0.15, -0.1) is 0 Å². The van der Waals surface area contributed by atoms with E-state index in [1.54, 1.807) is 36.4 Å². The van der Waals surface area contributed by atoms with Crippen LogP contribution in [-0.4, -0.2) is 27.9 Å². The van der Waals surface area contributed by atoms with Gasteiger partial charge in [-0.3, -0.25) is 9.59 Å². The van der Waals surface area contributed by atoms with Crippen molar-refractivity contribution in [2.45, 2.75) is 26.4 Å². The van der Waals surface area contributed by atoms with Crippen molar-refractivity contribution in [1.29, 1.82) is 0 Å². The summed E-state index contributed by atoms with van der Waals surface area (Å²) in [5.41, 5.74) is 1.45. The van der Waals surface area contributed by atoms with Crippen LogP contribution in [0.3, 0.4) is 0 Å². The Labute approximate surface area is 158 Å². The van der Waals surface area contributed by atoms with Crippen LogP contribution in [0.15, 0.2) is 66.7 Å². The molecule has 5 nitrogen and oxygen atoms in total. The predicted octanol–water partition coefficient (Wildman–Crippen LogP) is 3.92. The Morgan fingerprint density at radius 2 is 1.59 bits per heavy atom. The van der Waals surface area contributed by atoms with Gasteiger partial charge in [0.2, 0.25) is 0 Å². The predicted molar refractivity (Wildman–Crippen MR) is 106 cm³/mol. The SMILES string of the molecule is CC(C)N(Cc1ccccc1)C(=O)C(=O)Nc1cccc2c(O)cccc12. The number of phenolic OH excluding ortho intramolecular Hbond substituents is 1. The van der Waals surface area contributed by atoms with Gasteiger partial charge in [0.05, 0.1) is 0 Å². The van der Waals surface area contributed by atoms with Crippen LogP contribution in [-0.2, 0) is 16.1 Å². The van der Waals surface area contributed by atoms with E-state index in [9.17, 15) is 14.7 Å². The Hall–Kier alpha value is -3.34. The van der Waals surface area contributed by atoms with Crippen LogP contribution in [0.5, 0.6) is 5.75 Å². The van der Waals surface area contributed by atoms with Crippen LogP contribution in [0.25, 0.3) is 10.8 Å². The molecule has 0 fully saturated rings. The monoisotopic (exact) mass is 362 g/mol. The molecule has 2 amide bonds. The fourth-order valence-electron chi connectivity index (χ4n) is 2.98. The minimum atomic E-state index is -0.699. The number of rotatable bonds is 4. The quantitative estimate of drug-likeness (QED) is 0.691. The van der Waals surface area contributed by atoms with Crippen molar-refractivity contribution >= 4 is 28.3 Å². The van der Waals surface area contributed by atoms with E-state index in [0.717, 1.165) is 5.56 Å². The summed E-state index contributed by atoms with van der Waals surface area (Å²) in [4.78, 5) is 26.9. The lowest BCUT2D eigenvalue weighted by atomic mass is 10.1. The number of carbonyl (C=O) groups is 2. The first-order chi connectivity index (χ1) is 13.0. The summed E-state index contributed by atoms with van der Waals surface area (Å²) in [6.07, 6.45) is 0. The summed E-state index contributed by atoms with van der Waals surface area (Å²) in [6.45, 7) is 4.12. The topological polar surface area (TPSA) is 69.6 Å².